The van der Waals surface area contributed by atoms with Gasteiger partial charge in [-0.05, 0) is 60.9 Å². The zero-order valence-corrected chi connectivity index (χ0v) is 13.6. The number of hydrogen-bond donors (Lipinski definition) is 2. The van der Waals surface area contributed by atoms with Gasteiger partial charge in [-0.3, -0.25) is 9.78 Å². The molecule has 0 radical (unpaired) electrons. The Labute approximate surface area is 140 Å². The minimum Gasteiger partial charge on any atom is -0.359 e. The van der Waals surface area contributed by atoms with Crippen LogP contribution in [-0.2, 0) is 4.79 Å². The Morgan fingerprint density at radius 1 is 1.00 bits per heavy atom. The SMILES string of the molecule is Cc1cc(C)c(/C=C2\C(=O)Nc3cc(-c4ccncc4)ccc32)[nH]1. The van der Waals surface area contributed by atoms with Gasteiger partial charge in [-0.15, -0.1) is 0 Å². The predicted octanol–water partition coefficient (Wildman–Crippen LogP) is 4.19. The van der Waals surface area contributed by atoms with Crippen LogP contribution >= 0.6 is 0 Å². The average molecular weight is 315 g/mol. The Kier molecular flexibility index (Phi) is 3.31. The quantitative estimate of drug-likeness (QED) is 0.697. The number of H-pyrrole nitrogens is 1. The Hall–Kier alpha value is -3.14. The van der Waals surface area contributed by atoms with Crippen LogP contribution in [0.1, 0.15) is 22.5 Å². The second-order valence-electron chi connectivity index (χ2n) is 6.06. The van der Waals surface area contributed by atoms with E-state index in [-0.39, 0.29) is 5.91 Å². The molecule has 0 atom stereocenters. The van der Waals surface area contributed by atoms with Gasteiger partial charge >= 0.3 is 0 Å². The predicted molar refractivity (Wildman–Crippen MR) is 96.4 cm³/mol. The van der Waals surface area contributed by atoms with Crippen LogP contribution in [0.2, 0.25) is 0 Å². The van der Waals surface area contributed by atoms with Gasteiger partial charge < -0.3 is 10.3 Å². The van der Waals surface area contributed by atoms with Crippen molar-refractivity contribution in [3.63, 3.8) is 0 Å². The lowest BCUT2D eigenvalue weighted by atomic mass is 10.0. The van der Waals surface area contributed by atoms with Crippen LogP contribution < -0.4 is 5.32 Å². The van der Waals surface area contributed by atoms with E-state index in [0.717, 1.165) is 39.3 Å². The van der Waals surface area contributed by atoms with E-state index in [9.17, 15) is 4.79 Å². The van der Waals surface area contributed by atoms with Gasteiger partial charge in [-0.2, -0.15) is 0 Å². The lowest BCUT2D eigenvalue weighted by Crippen LogP contribution is -2.03. The Bertz CT molecular complexity index is 968. The molecule has 4 heteroatoms. The summed E-state index contributed by atoms with van der Waals surface area (Å²) in [6, 6.07) is 12.0. The summed E-state index contributed by atoms with van der Waals surface area (Å²) in [6.07, 6.45) is 5.46. The number of benzene rings is 1. The average Bonchev–Trinajstić information content (AvgIpc) is 3.07. The van der Waals surface area contributed by atoms with E-state index in [0.29, 0.717) is 5.57 Å². The monoisotopic (exact) mass is 315 g/mol. The molecule has 0 aliphatic carbocycles. The molecule has 1 aliphatic rings. The topological polar surface area (TPSA) is 57.8 Å². The molecule has 118 valence electrons. The number of nitrogens with zero attached hydrogens (tertiary/aromatic N) is 1. The molecule has 0 saturated carbocycles. The lowest BCUT2D eigenvalue weighted by Gasteiger charge is -2.04. The fourth-order valence-corrected chi connectivity index (χ4v) is 3.11. The van der Waals surface area contributed by atoms with E-state index >= 15 is 0 Å². The third kappa shape index (κ3) is 2.42. The largest absolute Gasteiger partial charge is 0.359 e. The molecule has 0 spiro atoms. The van der Waals surface area contributed by atoms with Crippen LogP contribution in [0.3, 0.4) is 0 Å². The highest BCUT2D eigenvalue weighted by molar-refractivity contribution is 6.35. The summed E-state index contributed by atoms with van der Waals surface area (Å²) >= 11 is 0. The van der Waals surface area contributed by atoms with Gasteiger partial charge in [-0.1, -0.05) is 12.1 Å². The molecule has 0 fully saturated rings. The van der Waals surface area contributed by atoms with E-state index in [1.807, 2.05) is 50.3 Å². The Morgan fingerprint density at radius 3 is 2.50 bits per heavy atom. The van der Waals surface area contributed by atoms with Crippen LogP contribution in [0.4, 0.5) is 5.69 Å². The van der Waals surface area contributed by atoms with Gasteiger partial charge in [0.1, 0.15) is 0 Å². The van der Waals surface area contributed by atoms with E-state index in [1.165, 1.54) is 0 Å². The molecule has 2 N–H and O–H groups in total. The number of hydrogen-bond acceptors (Lipinski definition) is 2. The number of carbonyl (C=O) groups excluding carboxylic acids is 1. The van der Waals surface area contributed by atoms with Crippen molar-refractivity contribution in [2.45, 2.75) is 13.8 Å². The van der Waals surface area contributed by atoms with Crippen molar-refractivity contribution in [1.29, 1.82) is 0 Å². The van der Waals surface area contributed by atoms with Crippen molar-refractivity contribution >= 4 is 23.2 Å². The van der Waals surface area contributed by atoms with E-state index in [1.54, 1.807) is 12.4 Å². The molecule has 3 aromatic rings. The number of aryl methyl sites for hydroxylation is 2. The highest BCUT2D eigenvalue weighted by Crippen LogP contribution is 2.36. The normalized spacial score (nSPS) is 14.8. The molecule has 3 heterocycles. The number of fused-ring (bicyclic) bond motifs is 1. The summed E-state index contributed by atoms with van der Waals surface area (Å²) < 4.78 is 0. The molecule has 1 aromatic carbocycles. The first-order valence-electron chi connectivity index (χ1n) is 7.86. The smallest absolute Gasteiger partial charge is 0.256 e. The second kappa shape index (κ2) is 5.49. The van der Waals surface area contributed by atoms with E-state index in [4.69, 9.17) is 0 Å². The zero-order valence-electron chi connectivity index (χ0n) is 13.6. The molecule has 24 heavy (non-hydrogen) atoms. The fraction of sp³-hybridized carbons (Fsp3) is 0.100. The number of carbonyl (C=O) groups is 1. The summed E-state index contributed by atoms with van der Waals surface area (Å²) in [6.45, 7) is 4.05. The number of pyridine rings is 1. The molecule has 0 saturated heterocycles. The van der Waals surface area contributed by atoms with Crippen molar-refractivity contribution in [2.24, 2.45) is 0 Å². The van der Waals surface area contributed by atoms with Gasteiger partial charge in [-0.25, -0.2) is 0 Å². The molecule has 0 bridgehead atoms. The van der Waals surface area contributed by atoms with Gasteiger partial charge in [0.2, 0.25) is 0 Å². The molecule has 1 amide bonds. The second-order valence-corrected chi connectivity index (χ2v) is 6.06. The maximum absolute atomic E-state index is 12.4. The van der Waals surface area contributed by atoms with Crippen molar-refractivity contribution in [3.05, 3.63) is 71.3 Å². The van der Waals surface area contributed by atoms with Crippen molar-refractivity contribution in [1.82, 2.24) is 9.97 Å². The number of aromatic amines is 1. The van der Waals surface area contributed by atoms with Crippen LogP contribution in [0.5, 0.6) is 0 Å². The third-order valence-electron chi connectivity index (χ3n) is 4.29. The number of anilines is 1. The molecular weight excluding hydrogens is 298 g/mol. The summed E-state index contributed by atoms with van der Waals surface area (Å²) in [4.78, 5) is 19.7. The highest BCUT2D eigenvalue weighted by atomic mass is 16.2. The molecule has 1 aliphatic heterocycles. The summed E-state index contributed by atoms with van der Waals surface area (Å²) in [5.41, 5.74) is 7.81. The Balaban J connectivity index is 1.77. The highest BCUT2D eigenvalue weighted by Gasteiger charge is 2.24. The standard InChI is InChI=1S/C20H17N3O/c1-12-9-13(2)22-18(12)11-17-16-4-3-15(10-19(16)23-20(17)24)14-5-7-21-8-6-14/h3-11,22H,1-2H3,(H,23,24)/b17-11-. The zero-order chi connectivity index (χ0) is 16.7. The van der Waals surface area contributed by atoms with Crippen LogP contribution in [0.25, 0.3) is 22.8 Å². The number of rotatable bonds is 2. The first-order chi connectivity index (χ1) is 11.6. The van der Waals surface area contributed by atoms with Gasteiger partial charge in [0.15, 0.2) is 0 Å². The maximum atomic E-state index is 12.4. The van der Waals surface area contributed by atoms with Gasteiger partial charge in [0.25, 0.3) is 5.91 Å². The first kappa shape index (κ1) is 14.5. The van der Waals surface area contributed by atoms with Crippen molar-refractivity contribution in [3.8, 4) is 11.1 Å². The molecule has 4 rings (SSSR count). The number of amides is 1. The molecule has 0 unspecified atom stereocenters. The Morgan fingerprint density at radius 2 is 1.79 bits per heavy atom. The van der Waals surface area contributed by atoms with E-state index < -0.39 is 0 Å². The van der Waals surface area contributed by atoms with Crippen molar-refractivity contribution < 1.29 is 4.79 Å². The summed E-state index contributed by atoms with van der Waals surface area (Å²) in [5.74, 6) is -0.0662. The number of nitrogens with one attached hydrogen (secondary N) is 2. The first-order valence-corrected chi connectivity index (χ1v) is 7.86. The summed E-state index contributed by atoms with van der Waals surface area (Å²) in [5, 5.41) is 2.97. The number of aromatic nitrogens is 2. The maximum Gasteiger partial charge on any atom is 0.256 e. The van der Waals surface area contributed by atoms with Crippen LogP contribution in [-0.4, -0.2) is 15.9 Å². The molecular formula is C20H17N3O. The lowest BCUT2D eigenvalue weighted by molar-refractivity contribution is -0.110. The fourth-order valence-electron chi connectivity index (χ4n) is 3.11. The van der Waals surface area contributed by atoms with Crippen molar-refractivity contribution in [2.75, 3.05) is 5.32 Å². The minimum atomic E-state index is -0.0662. The van der Waals surface area contributed by atoms with E-state index in [2.05, 4.69) is 21.4 Å². The molecule has 2 aromatic heterocycles. The van der Waals surface area contributed by atoms with Gasteiger partial charge in [0, 0.05) is 35.0 Å². The summed E-state index contributed by atoms with van der Waals surface area (Å²) in [7, 11) is 0. The van der Waals surface area contributed by atoms with Crippen LogP contribution in [0.15, 0.2) is 48.8 Å². The van der Waals surface area contributed by atoms with Gasteiger partial charge in [0.05, 0.1) is 5.57 Å². The third-order valence-corrected chi connectivity index (χ3v) is 4.29. The molecule has 4 nitrogen and oxygen atoms in total. The minimum absolute atomic E-state index is 0.0662. The van der Waals surface area contributed by atoms with Crippen LogP contribution in [0, 0.1) is 13.8 Å².